The summed E-state index contributed by atoms with van der Waals surface area (Å²) in [5, 5.41) is 2.77. The number of nitrogens with zero attached hydrogens (tertiary/aromatic N) is 2. The summed E-state index contributed by atoms with van der Waals surface area (Å²) in [4.78, 5) is 6.50. The van der Waals surface area contributed by atoms with Crippen LogP contribution in [0.2, 0.25) is 5.02 Å². The van der Waals surface area contributed by atoms with E-state index in [2.05, 4.69) is 28.1 Å². The molecule has 3 nitrogen and oxygen atoms in total. The number of ether oxygens (including phenoxy) is 1. The van der Waals surface area contributed by atoms with E-state index in [1.54, 1.807) is 7.11 Å². The van der Waals surface area contributed by atoms with E-state index < -0.39 is 0 Å². The number of hydrogen-bond donors (Lipinski definition) is 0. The zero-order chi connectivity index (χ0) is 15.7. The highest BCUT2D eigenvalue weighted by Crippen LogP contribution is 2.37. The molecule has 0 amide bonds. The maximum Gasteiger partial charge on any atom is 0.221 e. The molecule has 4 heteroatoms. The predicted molar refractivity (Wildman–Crippen MR) is 93.1 cm³/mol. The first kappa shape index (κ1) is 14.7. The molecule has 1 aromatic heterocycles. The maximum atomic E-state index is 6.35. The number of pyridine rings is 1. The van der Waals surface area contributed by atoms with Crippen molar-refractivity contribution >= 4 is 28.1 Å². The van der Waals surface area contributed by atoms with Crippen LogP contribution in [0.15, 0.2) is 48.7 Å². The van der Waals surface area contributed by atoms with Crippen molar-refractivity contribution in [3.05, 3.63) is 53.7 Å². The van der Waals surface area contributed by atoms with Gasteiger partial charge in [0.05, 0.1) is 7.11 Å². The van der Waals surface area contributed by atoms with Gasteiger partial charge in [0.2, 0.25) is 5.88 Å². The Morgan fingerprint density at radius 1 is 1.00 bits per heavy atom. The molecule has 0 aliphatic rings. The predicted octanol–water partition coefficient (Wildman–Crippen LogP) is 4.63. The van der Waals surface area contributed by atoms with Crippen molar-refractivity contribution in [3.8, 4) is 17.0 Å². The second kappa shape index (κ2) is 5.85. The van der Waals surface area contributed by atoms with Crippen molar-refractivity contribution < 1.29 is 4.74 Å². The van der Waals surface area contributed by atoms with E-state index in [1.165, 1.54) is 0 Å². The van der Waals surface area contributed by atoms with Crippen LogP contribution in [0.5, 0.6) is 5.88 Å². The fourth-order valence-electron chi connectivity index (χ4n) is 2.54. The zero-order valence-corrected chi connectivity index (χ0v) is 13.6. The largest absolute Gasteiger partial charge is 0.481 e. The van der Waals surface area contributed by atoms with Gasteiger partial charge < -0.3 is 9.64 Å². The summed E-state index contributed by atoms with van der Waals surface area (Å²) in [5.41, 5.74) is 3.08. The molecule has 0 saturated heterocycles. The number of benzene rings is 2. The minimum absolute atomic E-state index is 0.620. The Kier molecular flexibility index (Phi) is 3.90. The highest BCUT2D eigenvalue weighted by molar-refractivity contribution is 6.33. The standard InChI is InChI=1S/C18H17ClN2O/c1-21(2)12-8-9-13-15(10-12)18(22-3)20-11-16(13)14-6-4-5-7-17(14)19/h4-11H,1-3H3. The highest BCUT2D eigenvalue weighted by Gasteiger charge is 2.12. The lowest BCUT2D eigenvalue weighted by atomic mass is 10.00. The first-order valence-corrected chi connectivity index (χ1v) is 7.38. The molecule has 0 aliphatic heterocycles. The molecule has 1 heterocycles. The molecule has 0 bridgehead atoms. The van der Waals surface area contributed by atoms with E-state index in [9.17, 15) is 0 Å². The van der Waals surface area contributed by atoms with E-state index in [0.717, 1.165) is 27.6 Å². The molecule has 2 aromatic carbocycles. The van der Waals surface area contributed by atoms with Crippen molar-refractivity contribution in [1.29, 1.82) is 0 Å². The van der Waals surface area contributed by atoms with Crippen LogP contribution in [0.1, 0.15) is 0 Å². The third-order valence-corrected chi connectivity index (χ3v) is 4.04. The van der Waals surface area contributed by atoms with Crippen LogP contribution in [0.3, 0.4) is 0 Å². The van der Waals surface area contributed by atoms with Crippen LogP contribution in [-0.4, -0.2) is 26.2 Å². The molecule has 0 N–H and O–H groups in total. The molecule has 3 aromatic rings. The lowest BCUT2D eigenvalue weighted by Crippen LogP contribution is -2.08. The molecular formula is C18H17ClN2O. The van der Waals surface area contributed by atoms with Crippen LogP contribution in [-0.2, 0) is 0 Å². The highest BCUT2D eigenvalue weighted by atomic mass is 35.5. The van der Waals surface area contributed by atoms with Gasteiger partial charge >= 0.3 is 0 Å². The molecular weight excluding hydrogens is 296 g/mol. The van der Waals surface area contributed by atoms with Crippen molar-refractivity contribution in [3.63, 3.8) is 0 Å². The Labute approximate surface area is 135 Å². The van der Waals surface area contributed by atoms with E-state index in [1.807, 2.05) is 44.6 Å². The Bertz CT molecular complexity index is 830. The summed E-state index contributed by atoms with van der Waals surface area (Å²) in [6, 6.07) is 14.1. The minimum atomic E-state index is 0.620. The monoisotopic (exact) mass is 312 g/mol. The number of rotatable bonds is 3. The number of aromatic nitrogens is 1. The van der Waals surface area contributed by atoms with Crippen molar-refractivity contribution in [2.75, 3.05) is 26.1 Å². The quantitative estimate of drug-likeness (QED) is 0.705. The van der Waals surface area contributed by atoms with Crippen LogP contribution in [0.4, 0.5) is 5.69 Å². The van der Waals surface area contributed by atoms with Crippen molar-refractivity contribution in [1.82, 2.24) is 4.98 Å². The summed E-state index contributed by atoms with van der Waals surface area (Å²) >= 11 is 6.35. The minimum Gasteiger partial charge on any atom is -0.481 e. The summed E-state index contributed by atoms with van der Waals surface area (Å²) in [7, 11) is 5.66. The maximum absolute atomic E-state index is 6.35. The van der Waals surface area contributed by atoms with E-state index in [0.29, 0.717) is 10.9 Å². The molecule has 112 valence electrons. The van der Waals surface area contributed by atoms with E-state index >= 15 is 0 Å². The Balaban J connectivity index is 2.32. The number of fused-ring (bicyclic) bond motifs is 1. The van der Waals surface area contributed by atoms with Crippen LogP contribution < -0.4 is 9.64 Å². The number of anilines is 1. The average molecular weight is 313 g/mol. The van der Waals surface area contributed by atoms with Gasteiger partial charge in [0.15, 0.2) is 0 Å². The van der Waals surface area contributed by atoms with E-state index in [-0.39, 0.29) is 0 Å². The number of hydrogen-bond acceptors (Lipinski definition) is 3. The second-order valence-corrected chi connectivity index (χ2v) is 5.69. The Morgan fingerprint density at radius 3 is 2.45 bits per heavy atom. The molecule has 3 rings (SSSR count). The van der Waals surface area contributed by atoms with Gasteiger partial charge in [-0.2, -0.15) is 0 Å². The van der Waals surface area contributed by atoms with Crippen molar-refractivity contribution in [2.24, 2.45) is 0 Å². The van der Waals surface area contributed by atoms with E-state index in [4.69, 9.17) is 16.3 Å². The summed E-state index contributed by atoms with van der Waals surface area (Å²) in [6.45, 7) is 0. The first-order chi connectivity index (χ1) is 10.6. The fourth-order valence-corrected chi connectivity index (χ4v) is 2.78. The Morgan fingerprint density at radius 2 is 1.77 bits per heavy atom. The third-order valence-electron chi connectivity index (χ3n) is 3.71. The molecule has 0 fully saturated rings. The van der Waals surface area contributed by atoms with Crippen LogP contribution in [0.25, 0.3) is 21.9 Å². The summed E-state index contributed by atoms with van der Waals surface area (Å²) < 4.78 is 5.42. The van der Waals surface area contributed by atoms with Gasteiger partial charge in [0, 0.05) is 47.5 Å². The smallest absolute Gasteiger partial charge is 0.221 e. The van der Waals surface area contributed by atoms with Gasteiger partial charge in [-0.25, -0.2) is 4.98 Å². The van der Waals surface area contributed by atoms with Crippen LogP contribution in [0, 0.1) is 0 Å². The lowest BCUT2D eigenvalue weighted by molar-refractivity contribution is 0.403. The van der Waals surface area contributed by atoms with Crippen LogP contribution >= 0.6 is 11.6 Å². The molecule has 0 spiro atoms. The SMILES string of the molecule is COc1ncc(-c2ccccc2Cl)c2ccc(N(C)C)cc12. The topological polar surface area (TPSA) is 25.4 Å². The molecule has 0 aliphatic carbocycles. The zero-order valence-electron chi connectivity index (χ0n) is 12.8. The molecule has 0 saturated carbocycles. The normalized spacial score (nSPS) is 10.7. The Hall–Kier alpha value is -2.26. The summed E-state index contributed by atoms with van der Waals surface area (Å²) in [5.74, 6) is 0.620. The summed E-state index contributed by atoms with van der Waals surface area (Å²) in [6.07, 6.45) is 1.82. The molecule has 0 unspecified atom stereocenters. The third kappa shape index (κ3) is 2.48. The van der Waals surface area contributed by atoms with Gasteiger partial charge in [-0.05, 0) is 23.6 Å². The molecule has 22 heavy (non-hydrogen) atoms. The molecule has 0 atom stereocenters. The van der Waals surface area contributed by atoms with Gasteiger partial charge in [-0.1, -0.05) is 35.9 Å². The van der Waals surface area contributed by atoms with Gasteiger partial charge in [-0.15, -0.1) is 0 Å². The van der Waals surface area contributed by atoms with Crippen molar-refractivity contribution in [2.45, 2.75) is 0 Å². The number of halogens is 1. The lowest BCUT2D eigenvalue weighted by Gasteiger charge is -2.16. The number of methoxy groups -OCH3 is 1. The second-order valence-electron chi connectivity index (χ2n) is 5.29. The van der Waals surface area contributed by atoms with Gasteiger partial charge in [0.25, 0.3) is 0 Å². The molecule has 0 radical (unpaired) electrons. The van der Waals surface area contributed by atoms with Gasteiger partial charge in [0.1, 0.15) is 0 Å². The fraction of sp³-hybridized carbons (Fsp3) is 0.167. The average Bonchev–Trinajstić information content (AvgIpc) is 2.54. The van der Waals surface area contributed by atoms with Gasteiger partial charge in [-0.3, -0.25) is 0 Å². The first-order valence-electron chi connectivity index (χ1n) is 7.01.